The molecule has 0 aliphatic carbocycles. The average molecular weight is 608 g/mol. The fourth-order valence-corrected chi connectivity index (χ4v) is 5.53. The molecular weight excluding hydrogens is 585 g/mol. The van der Waals surface area contributed by atoms with Gasteiger partial charge in [-0.05, 0) is 47.9 Å². The number of hydrogen-bond donors (Lipinski definition) is 4. The second-order valence-corrected chi connectivity index (χ2v) is 11.4. The Kier molecular flexibility index (Phi) is 9.63. The zero-order valence-electron chi connectivity index (χ0n) is 21.9. The van der Waals surface area contributed by atoms with Crippen LogP contribution in [-0.4, -0.2) is 39.5 Å². The van der Waals surface area contributed by atoms with E-state index in [0.29, 0.717) is 5.69 Å². The summed E-state index contributed by atoms with van der Waals surface area (Å²) in [7, 11) is -7.77. The number of carbonyl (C=O) groups excluding carboxylic acids is 1. The number of phenolic OH excluding ortho intramolecular Hbond substituents is 1. The molecule has 0 saturated heterocycles. The summed E-state index contributed by atoms with van der Waals surface area (Å²) in [6, 6.07) is 14.7. The zero-order chi connectivity index (χ0) is 29.2. The van der Waals surface area contributed by atoms with E-state index in [0.717, 1.165) is 12.1 Å². The number of amides is 1. The number of methoxy groups -OCH3 is 1. The molecule has 0 fully saturated rings. The molecule has 0 aliphatic heterocycles. The van der Waals surface area contributed by atoms with Crippen LogP contribution in [0.3, 0.4) is 0 Å². The van der Waals surface area contributed by atoms with E-state index in [1.54, 1.807) is 0 Å². The van der Waals surface area contributed by atoms with E-state index in [-0.39, 0.29) is 79.6 Å². The number of nitrogens with zero attached hydrogens (tertiary/aromatic N) is 2. The van der Waals surface area contributed by atoms with Crippen molar-refractivity contribution in [3.05, 3.63) is 66.7 Å². The molecule has 4 rings (SSSR count). The number of rotatable bonds is 8. The van der Waals surface area contributed by atoms with Crippen LogP contribution in [0.4, 0.5) is 28.4 Å². The first-order valence-electron chi connectivity index (χ1n) is 11.3. The summed E-state index contributed by atoms with van der Waals surface area (Å²) in [6.07, 6.45) is 0. The summed E-state index contributed by atoms with van der Waals surface area (Å²) in [5, 5.41) is 21.3. The van der Waals surface area contributed by atoms with Gasteiger partial charge in [-0.25, -0.2) is 16.8 Å². The second-order valence-electron chi connectivity index (χ2n) is 8.37. The summed E-state index contributed by atoms with van der Waals surface area (Å²) in [5.41, 5.74) is 6.42. The Hall–Kier alpha value is -3.73. The normalized spacial score (nSPS) is 11.7. The maximum absolute atomic E-state index is 13.3. The Morgan fingerprint density at radius 3 is 2.37 bits per heavy atom. The van der Waals surface area contributed by atoms with Gasteiger partial charge in [0.25, 0.3) is 10.0 Å². The van der Waals surface area contributed by atoms with Crippen LogP contribution < -0.4 is 50.1 Å². The number of nitrogen functional groups attached to an aromatic ring is 1. The van der Waals surface area contributed by atoms with Crippen LogP contribution in [0.5, 0.6) is 11.5 Å². The van der Waals surface area contributed by atoms with Crippen molar-refractivity contribution in [1.82, 2.24) is 0 Å². The Morgan fingerprint density at radius 2 is 1.71 bits per heavy atom. The number of sulfonamides is 1. The van der Waals surface area contributed by atoms with Crippen LogP contribution in [-0.2, 0) is 24.9 Å². The van der Waals surface area contributed by atoms with E-state index in [1.807, 2.05) is 0 Å². The van der Waals surface area contributed by atoms with Crippen LogP contribution in [0.25, 0.3) is 10.8 Å². The Bertz CT molecular complexity index is 1900. The van der Waals surface area contributed by atoms with Crippen LogP contribution in [0, 0.1) is 0 Å². The van der Waals surface area contributed by atoms with Gasteiger partial charge >= 0.3 is 29.6 Å². The summed E-state index contributed by atoms with van der Waals surface area (Å²) < 4.78 is 68.7. The van der Waals surface area contributed by atoms with E-state index in [9.17, 15) is 31.3 Å². The Morgan fingerprint density at radius 1 is 1.00 bits per heavy atom. The maximum atomic E-state index is 13.3. The van der Waals surface area contributed by atoms with Gasteiger partial charge in [-0.15, -0.1) is 10.2 Å². The van der Waals surface area contributed by atoms with Crippen molar-refractivity contribution < 1.29 is 65.6 Å². The number of carbonyl (C=O) groups is 1. The summed E-state index contributed by atoms with van der Waals surface area (Å²) in [4.78, 5) is 10.4. The first-order chi connectivity index (χ1) is 18.8. The number of nitrogens with one attached hydrogen (secondary N) is 2. The number of anilines is 3. The molecule has 0 spiro atoms. The molecule has 0 aromatic heterocycles. The Balaban J connectivity index is 0.00000462. The third-order valence-electron chi connectivity index (χ3n) is 5.54. The fraction of sp³-hybridized carbons (Fsp3) is 0.0800. The van der Waals surface area contributed by atoms with E-state index in [2.05, 4.69) is 20.3 Å². The first kappa shape index (κ1) is 31.8. The van der Waals surface area contributed by atoms with E-state index in [4.69, 9.17) is 10.5 Å². The largest absolute Gasteiger partial charge is 1.00 e. The van der Waals surface area contributed by atoms with Crippen LogP contribution >= 0.6 is 0 Å². The number of fused-ring (bicyclic) bond motifs is 1. The number of aromatic hydroxyl groups is 1. The number of benzene rings is 4. The minimum absolute atomic E-state index is 0. The fourth-order valence-electron chi connectivity index (χ4n) is 3.79. The van der Waals surface area contributed by atoms with Gasteiger partial charge in [-0.1, -0.05) is 18.2 Å². The molecule has 5 N–H and O–H groups in total. The van der Waals surface area contributed by atoms with Crippen molar-refractivity contribution >= 4 is 65.3 Å². The Labute approximate surface area is 257 Å². The number of hydrogen-bond acceptors (Lipinski definition) is 11. The summed E-state index contributed by atoms with van der Waals surface area (Å²) >= 11 is 0. The molecule has 41 heavy (non-hydrogen) atoms. The van der Waals surface area contributed by atoms with Crippen LogP contribution in [0.15, 0.2) is 86.7 Å². The SMILES string of the molecule is COc1cc(NC(C)=O)ccc1NS(=O)(=O)c1ccccc1N=Nc1c(N)ccc2cc(S(=O)(=O)[O-])cc(O)c12.[Na+]. The maximum Gasteiger partial charge on any atom is 1.00 e. The van der Waals surface area contributed by atoms with Gasteiger partial charge in [0.05, 0.1) is 28.8 Å². The van der Waals surface area contributed by atoms with Crippen molar-refractivity contribution in [2.24, 2.45) is 10.2 Å². The van der Waals surface area contributed by atoms with Crippen LogP contribution in [0.1, 0.15) is 6.92 Å². The molecular formula is C25H22N5NaO8S2. The van der Waals surface area contributed by atoms with Gasteiger partial charge in [-0.3, -0.25) is 9.52 Å². The monoisotopic (exact) mass is 607 g/mol. The standard InChI is InChI=1S/C25H23N5O8S2.Na/c1-14(31)27-16-8-10-19(22(12-16)38-2)30-39(33,34)23-6-4-3-5-20(23)28-29-25-18(26)9-7-15-11-17(40(35,36)37)13-21(32)24(15)25;/h3-13,30,32H,26H2,1-2H3,(H,27,31)(H,35,36,37);/q;+1/p-1. The van der Waals surface area contributed by atoms with Crippen molar-refractivity contribution in [1.29, 1.82) is 0 Å². The van der Waals surface area contributed by atoms with Crippen molar-refractivity contribution in [3.8, 4) is 11.5 Å². The minimum Gasteiger partial charge on any atom is -0.744 e. The molecule has 0 unspecified atom stereocenters. The van der Waals surface area contributed by atoms with E-state index in [1.165, 1.54) is 68.6 Å². The van der Waals surface area contributed by atoms with Crippen molar-refractivity contribution in [3.63, 3.8) is 0 Å². The van der Waals surface area contributed by atoms with E-state index < -0.39 is 30.8 Å². The molecule has 0 saturated carbocycles. The smallest absolute Gasteiger partial charge is 0.744 e. The number of phenols is 1. The summed E-state index contributed by atoms with van der Waals surface area (Å²) in [6.45, 7) is 1.33. The summed E-state index contributed by atoms with van der Waals surface area (Å²) in [5.74, 6) is -0.747. The van der Waals surface area contributed by atoms with E-state index >= 15 is 0 Å². The molecule has 0 radical (unpaired) electrons. The predicted molar refractivity (Wildman–Crippen MR) is 147 cm³/mol. The molecule has 0 bridgehead atoms. The third kappa shape index (κ3) is 7.13. The van der Waals surface area contributed by atoms with Gasteiger partial charge < -0.3 is 25.4 Å². The van der Waals surface area contributed by atoms with Gasteiger partial charge in [-0.2, -0.15) is 0 Å². The second kappa shape index (κ2) is 12.4. The molecule has 0 aliphatic rings. The third-order valence-corrected chi connectivity index (χ3v) is 7.77. The van der Waals surface area contributed by atoms with Gasteiger partial charge in [0.15, 0.2) is 0 Å². The van der Waals surface area contributed by atoms with Gasteiger partial charge in [0.2, 0.25) is 5.91 Å². The molecule has 13 nitrogen and oxygen atoms in total. The predicted octanol–water partition coefficient (Wildman–Crippen LogP) is 1.22. The van der Waals surface area contributed by atoms with Gasteiger partial charge in [0.1, 0.15) is 37.9 Å². The number of azo groups is 1. The topological polar surface area (TPSA) is 213 Å². The quantitative estimate of drug-likeness (QED) is 0.0979. The number of nitrogens with two attached hydrogens (primary N) is 1. The average Bonchev–Trinajstić information content (AvgIpc) is 2.88. The molecule has 208 valence electrons. The van der Waals surface area contributed by atoms with Crippen LogP contribution in [0.2, 0.25) is 0 Å². The minimum atomic E-state index is -4.85. The molecule has 16 heteroatoms. The molecule has 4 aromatic rings. The molecule has 1 amide bonds. The van der Waals surface area contributed by atoms with Gasteiger partial charge in [0, 0.05) is 18.7 Å². The van der Waals surface area contributed by atoms with Crippen molar-refractivity contribution in [2.75, 3.05) is 22.9 Å². The number of ether oxygens (including phenoxy) is 1. The zero-order valence-corrected chi connectivity index (χ0v) is 25.6. The molecule has 4 aromatic carbocycles. The molecule has 0 atom stereocenters. The first-order valence-corrected chi connectivity index (χ1v) is 14.2. The molecule has 0 heterocycles. The van der Waals surface area contributed by atoms with Crippen molar-refractivity contribution in [2.45, 2.75) is 16.7 Å².